The van der Waals surface area contributed by atoms with E-state index in [1.807, 2.05) is 0 Å². The lowest BCUT2D eigenvalue weighted by Crippen LogP contribution is -2.22. The van der Waals surface area contributed by atoms with E-state index < -0.39 is 0 Å². The minimum atomic E-state index is 0.100. The first-order chi connectivity index (χ1) is 10.7. The molecule has 1 saturated heterocycles. The largest absolute Gasteiger partial charge is 0.379 e. The molecule has 0 spiro atoms. The van der Waals surface area contributed by atoms with E-state index in [1.165, 1.54) is 0 Å². The molecule has 0 unspecified atom stereocenters. The van der Waals surface area contributed by atoms with Crippen molar-refractivity contribution in [3.8, 4) is 0 Å². The third-order valence-corrected chi connectivity index (χ3v) is 3.92. The zero-order chi connectivity index (χ0) is 15.5. The molecule has 0 bridgehead atoms. The number of aromatic amines is 1. The van der Waals surface area contributed by atoms with E-state index in [4.69, 9.17) is 9.26 Å². The summed E-state index contributed by atoms with van der Waals surface area (Å²) in [5, 5.41) is 14.8. The van der Waals surface area contributed by atoms with Crippen LogP contribution in [0.2, 0.25) is 0 Å². The van der Waals surface area contributed by atoms with E-state index >= 15 is 0 Å². The van der Waals surface area contributed by atoms with E-state index in [9.17, 15) is 0 Å². The SMILES string of the molecule is CO[C@@H]1CN(Cc2nc(CC(C)C)no2)C[C@H]1c1cn[nH]n1. The normalized spacial score (nSPS) is 22.7. The summed E-state index contributed by atoms with van der Waals surface area (Å²) < 4.78 is 10.9. The fraction of sp³-hybridized carbons (Fsp3) is 0.714. The first kappa shape index (κ1) is 15.1. The minimum absolute atomic E-state index is 0.100. The molecule has 0 aromatic carbocycles. The van der Waals surface area contributed by atoms with E-state index in [0.29, 0.717) is 18.4 Å². The van der Waals surface area contributed by atoms with Gasteiger partial charge in [-0.05, 0) is 5.92 Å². The van der Waals surface area contributed by atoms with Crippen molar-refractivity contribution in [1.82, 2.24) is 30.5 Å². The summed E-state index contributed by atoms with van der Waals surface area (Å²) in [4.78, 5) is 6.71. The van der Waals surface area contributed by atoms with Crippen LogP contribution in [0.15, 0.2) is 10.7 Å². The molecule has 1 aliphatic rings. The summed E-state index contributed by atoms with van der Waals surface area (Å²) in [6, 6.07) is 0. The number of ether oxygens (including phenoxy) is 1. The number of nitrogens with zero attached hydrogens (tertiary/aromatic N) is 5. The molecule has 8 nitrogen and oxygen atoms in total. The lowest BCUT2D eigenvalue weighted by atomic mass is 10.0. The predicted octanol–water partition coefficient (Wildman–Crippen LogP) is 1.00. The number of H-pyrrole nitrogens is 1. The molecule has 0 amide bonds. The van der Waals surface area contributed by atoms with Crippen LogP contribution in [0.25, 0.3) is 0 Å². The first-order valence-corrected chi connectivity index (χ1v) is 7.58. The second-order valence-corrected chi connectivity index (χ2v) is 6.17. The highest BCUT2D eigenvalue weighted by Gasteiger charge is 2.36. The van der Waals surface area contributed by atoms with Gasteiger partial charge in [0.1, 0.15) is 0 Å². The van der Waals surface area contributed by atoms with Gasteiger partial charge < -0.3 is 9.26 Å². The monoisotopic (exact) mass is 306 g/mol. The Bertz CT molecular complexity index is 582. The molecular weight excluding hydrogens is 284 g/mol. The van der Waals surface area contributed by atoms with Gasteiger partial charge in [-0.1, -0.05) is 19.0 Å². The number of methoxy groups -OCH3 is 1. The van der Waals surface area contributed by atoms with Gasteiger partial charge in [0.25, 0.3) is 0 Å². The summed E-state index contributed by atoms with van der Waals surface area (Å²) in [5.74, 6) is 2.17. The van der Waals surface area contributed by atoms with Crippen molar-refractivity contribution < 1.29 is 9.26 Å². The molecule has 2 atom stereocenters. The number of rotatable bonds is 6. The van der Waals surface area contributed by atoms with E-state index in [-0.39, 0.29) is 12.0 Å². The second-order valence-electron chi connectivity index (χ2n) is 6.17. The number of aromatic nitrogens is 5. The Morgan fingerprint density at radius 2 is 2.32 bits per heavy atom. The van der Waals surface area contributed by atoms with Gasteiger partial charge in [-0.3, -0.25) is 4.90 Å². The summed E-state index contributed by atoms with van der Waals surface area (Å²) in [5.41, 5.74) is 0.931. The third kappa shape index (κ3) is 3.33. The number of hydrogen-bond donors (Lipinski definition) is 1. The minimum Gasteiger partial charge on any atom is -0.379 e. The summed E-state index contributed by atoms with van der Waals surface area (Å²) in [6.07, 6.45) is 2.70. The fourth-order valence-electron chi connectivity index (χ4n) is 2.89. The molecule has 120 valence electrons. The number of hydrogen-bond acceptors (Lipinski definition) is 7. The zero-order valence-corrected chi connectivity index (χ0v) is 13.2. The Labute approximate surface area is 129 Å². The molecule has 1 aliphatic heterocycles. The molecule has 8 heteroatoms. The summed E-state index contributed by atoms with van der Waals surface area (Å²) >= 11 is 0. The van der Waals surface area contributed by atoms with Crippen LogP contribution >= 0.6 is 0 Å². The molecule has 2 aromatic rings. The lowest BCUT2D eigenvalue weighted by molar-refractivity contribution is 0.0946. The molecule has 2 aromatic heterocycles. The van der Waals surface area contributed by atoms with Crippen molar-refractivity contribution in [2.24, 2.45) is 5.92 Å². The molecule has 3 rings (SSSR count). The molecule has 1 fully saturated rings. The number of likely N-dealkylation sites (tertiary alicyclic amines) is 1. The Hall–Kier alpha value is -1.80. The van der Waals surface area contributed by atoms with Crippen molar-refractivity contribution in [3.05, 3.63) is 23.6 Å². The molecule has 22 heavy (non-hydrogen) atoms. The topological polar surface area (TPSA) is 93.0 Å². The van der Waals surface area contributed by atoms with Crippen LogP contribution in [0.3, 0.4) is 0 Å². The highest BCUT2D eigenvalue weighted by atomic mass is 16.5. The molecule has 3 heterocycles. The Balaban J connectivity index is 1.63. The van der Waals surface area contributed by atoms with Gasteiger partial charge in [0, 0.05) is 32.5 Å². The molecule has 0 radical (unpaired) electrons. The van der Waals surface area contributed by atoms with E-state index in [2.05, 4.69) is 44.3 Å². The van der Waals surface area contributed by atoms with Gasteiger partial charge in [-0.2, -0.15) is 20.4 Å². The van der Waals surface area contributed by atoms with Crippen LogP contribution < -0.4 is 0 Å². The first-order valence-electron chi connectivity index (χ1n) is 7.58. The van der Waals surface area contributed by atoms with Gasteiger partial charge >= 0.3 is 0 Å². The Morgan fingerprint density at radius 1 is 1.45 bits per heavy atom. The second kappa shape index (κ2) is 6.53. The van der Waals surface area contributed by atoms with Gasteiger partial charge in [0.15, 0.2) is 5.82 Å². The van der Waals surface area contributed by atoms with Crippen molar-refractivity contribution in [3.63, 3.8) is 0 Å². The van der Waals surface area contributed by atoms with Crippen LogP contribution in [0.1, 0.15) is 37.2 Å². The Kier molecular flexibility index (Phi) is 4.49. The third-order valence-electron chi connectivity index (χ3n) is 3.92. The van der Waals surface area contributed by atoms with Crippen LogP contribution in [-0.4, -0.2) is 56.8 Å². The average molecular weight is 306 g/mol. The van der Waals surface area contributed by atoms with E-state index in [0.717, 1.165) is 31.0 Å². The smallest absolute Gasteiger partial charge is 0.240 e. The maximum absolute atomic E-state index is 5.58. The molecule has 1 N–H and O–H groups in total. The molecule has 0 saturated carbocycles. The molecule has 0 aliphatic carbocycles. The summed E-state index contributed by atoms with van der Waals surface area (Å²) in [6.45, 7) is 6.58. The van der Waals surface area contributed by atoms with Crippen LogP contribution in [0.4, 0.5) is 0 Å². The average Bonchev–Trinajstić information content (AvgIpc) is 3.18. The number of nitrogens with one attached hydrogen (secondary N) is 1. The predicted molar refractivity (Wildman–Crippen MR) is 78.0 cm³/mol. The zero-order valence-electron chi connectivity index (χ0n) is 13.2. The summed E-state index contributed by atoms with van der Waals surface area (Å²) in [7, 11) is 1.73. The quantitative estimate of drug-likeness (QED) is 0.851. The Morgan fingerprint density at radius 3 is 3.00 bits per heavy atom. The van der Waals surface area contributed by atoms with Gasteiger partial charge in [0.2, 0.25) is 5.89 Å². The van der Waals surface area contributed by atoms with Crippen molar-refractivity contribution in [1.29, 1.82) is 0 Å². The van der Waals surface area contributed by atoms with Gasteiger partial charge in [-0.25, -0.2) is 0 Å². The highest BCUT2D eigenvalue weighted by Crippen LogP contribution is 2.28. The van der Waals surface area contributed by atoms with Gasteiger partial charge in [-0.15, -0.1) is 0 Å². The van der Waals surface area contributed by atoms with Crippen LogP contribution in [0.5, 0.6) is 0 Å². The lowest BCUT2D eigenvalue weighted by Gasteiger charge is -2.13. The fourth-order valence-corrected chi connectivity index (χ4v) is 2.89. The maximum Gasteiger partial charge on any atom is 0.240 e. The standard InChI is InChI=1S/C14H22N6O2/c1-9(2)4-13-16-14(22-18-13)8-20-6-10(12(7-20)21-3)11-5-15-19-17-11/h5,9-10,12H,4,6-8H2,1-3H3,(H,15,17,19)/t10-,12+/m0/s1. The van der Waals surface area contributed by atoms with Crippen molar-refractivity contribution >= 4 is 0 Å². The van der Waals surface area contributed by atoms with Crippen LogP contribution in [0, 0.1) is 5.92 Å². The van der Waals surface area contributed by atoms with Crippen molar-refractivity contribution in [2.75, 3.05) is 20.2 Å². The van der Waals surface area contributed by atoms with Crippen molar-refractivity contribution in [2.45, 2.75) is 38.8 Å². The molecular formula is C14H22N6O2. The maximum atomic E-state index is 5.58. The van der Waals surface area contributed by atoms with E-state index in [1.54, 1.807) is 13.3 Å². The highest BCUT2D eigenvalue weighted by molar-refractivity contribution is 5.09. The van der Waals surface area contributed by atoms with Gasteiger partial charge in [0.05, 0.1) is 24.5 Å². The van der Waals surface area contributed by atoms with Crippen LogP contribution in [-0.2, 0) is 17.7 Å².